The molecule has 0 radical (unpaired) electrons. The Labute approximate surface area is 191 Å². The zero-order valence-electron chi connectivity index (χ0n) is 19.2. The second-order valence-electron chi connectivity index (χ2n) is 8.85. The van der Waals surface area contributed by atoms with Crippen molar-refractivity contribution in [2.45, 2.75) is 58.4 Å². The Hall–Kier alpha value is -3.02. The van der Waals surface area contributed by atoms with E-state index in [9.17, 15) is 9.59 Å². The van der Waals surface area contributed by atoms with Gasteiger partial charge in [0.15, 0.2) is 0 Å². The summed E-state index contributed by atoms with van der Waals surface area (Å²) < 4.78 is 5.72. The van der Waals surface area contributed by atoms with E-state index >= 15 is 0 Å². The summed E-state index contributed by atoms with van der Waals surface area (Å²) in [6.45, 7) is 5.17. The van der Waals surface area contributed by atoms with Crippen molar-refractivity contribution in [1.82, 2.24) is 5.32 Å². The minimum absolute atomic E-state index is 0.0816. The van der Waals surface area contributed by atoms with Crippen LogP contribution >= 0.6 is 0 Å². The van der Waals surface area contributed by atoms with Crippen molar-refractivity contribution in [1.29, 1.82) is 0 Å². The van der Waals surface area contributed by atoms with Gasteiger partial charge in [0.25, 0.3) is 5.91 Å². The molecule has 3 N–H and O–H groups in total. The van der Waals surface area contributed by atoms with E-state index in [4.69, 9.17) is 4.74 Å². The normalized spacial score (nSPS) is 14.1. The average molecular weight is 438 g/mol. The topological polar surface area (TPSA) is 79.5 Å². The Bertz CT molecular complexity index is 874. The van der Waals surface area contributed by atoms with Crippen molar-refractivity contribution in [2.24, 2.45) is 5.92 Å². The van der Waals surface area contributed by atoms with Crippen LogP contribution in [0.3, 0.4) is 0 Å². The van der Waals surface area contributed by atoms with E-state index in [1.165, 1.54) is 19.3 Å². The number of nitrogens with one attached hydrogen (secondary N) is 3. The highest BCUT2D eigenvalue weighted by Gasteiger charge is 2.17. The first-order valence-corrected chi connectivity index (χ1v) is 11.7. The largest absolute Gasteiger partial charge is 0.494 e. The van der Waals surface area contributed by atoms with Gasteiger partial charge in [-0.05, 0) is 67.6 Å². The Balaban J connectivity index is 1.44. The molecule has 0 unspecified atom stereocenters. The molecule has 2 amide bonds. The van der Waals surface area contributed by atoms with Gasteiger partial charge in [0.1, 0.15) is 5.75 Å². The maximum absolute atomic E-state index is 12.5. The van der Waals surface area contributed by atoms with Gasteiger partial charge in [0.2, 0.25) is 5.91 Å². The van der Waals surface area contributed by atoms with Gasteiger partial charge in [0, 0.05) is 23.0 Å². The minimum atomic E-state index is -0.174. The lowest BCUT2D eigenvalue weighted by Crippen LogP contribution is -2.36. The van der Waals surface area contributed by atoms with Crippen molar-refractivity contribution >= 4 is 23.2 Å². The van der Waals surface area contributed by atoms with Crippen molar-refractivity contribution in [3.8, 4) is 5.75 Å². The summed E-state index contributed by atoms with van der Waals surface area (Å²) >= 11 is 0. The number of carbonyl (C=O) groups is 2. The van der Waals surface area contributed by atoms with Crippen LogP contribution in [0.1, 0.15) is 62.7 Å². The SMILES string of the molecule is CC(C)CCOc1ccc(NCC(=O)Nc2cccc(C(=O)NC3CCCCC3)c2)cc1. The molecule has 32 heavy (non-hydrogen) atoms. The summed E-state index contributed by atoms with van der Waals surface area (Å²) in [6, 6.07) is 14.9. The molecule has 1 aliphatic carbocycles. The Kier molecular flexibility index (Phi) is 8.96. The lowest BCUT2D eigenvalue weighted by Gasteiger charge is -2.22. The number of benzene rings is 2. The fraction of sp³-hybridized carbons (Fsp3) is 0.462. The molecule has 0 atom stereocenters. The van der Waals surface area contributed by atoms with E-state index < -0.39 is 0 Å². The molecule has 1 saturated carbocycles. The standard InChI is InChI=1S/C26H35N3O3/c1-19(2)15-16-32-24-13-11-21(12-14-24)27-18-25(30)28-23-10-6-7-20(17-23)26(31)29-22-8-4-3-5-9-22/h6-7,10-14,17,19,22,27H,3-5,8-9,15-16,18H2,1-2H3,(H,28,30)(H,29,31). The van der Waals surface area contributed by atoms with E-state index in [0.717, 1.165) is 30.7 Å². The van der Waals surface area contributed by atoms with Crippen LogP contribution in [0.15, 0.2) is 48.5 Å². The minimum Gasteiger partial charge on any atom is -0.494 e. The smallest absolute Gasteiger partial charge is 0.251 e. The first-order chi connectivity index (χ1) is 15.5. The molecular weight excluding hydrogens is 402 g/mol. The first-order valence-electron chi connectivity index (χ1n) is 11.7. The van der Waals surface area contributed by atoms with Gasteiger partial charge >= 0.3 is 0 Å². The van der Waals surface area contributed by atoms with Crippen molar-refractivity contribution in [3.05, 3.63) is 54.1 Å². The summed E-state index contributed by atoms with van der Waals surface area (Å²) in [4.78, 5) is 24.9. The molecule has 2 aromatic rings. The molecule has 0 aromatic heterocycles. The molecule has 2 aromatic carbocycles. The molecule has 6 heteroatoms. The summed E-state index contributed by atoms with van der Waals surface area (Å²) in [5, 5.41) is 9.08. The molecule has 0 heterocycles. The molecule has 0 aliphatic heterocycles. The van der Waals surface area contributed by atoms with Crippen molar-refractivity contribution < 1.29 is 14.3 Å². The molecule has 172 valence electrons. The first kappa shape index (κ1) is 23.6. The summed E-state index contributed by atoms with van der Waals surface area (Å²) in [6.07, 6.45) is 6.68. The monoisotopic (exact) mass is 437 g/mol. The van der Waals surface area contributed by atoms with Gasteiger partial charge in [-0.25, -0.2) is 0 Å². The van der Waals surface area contributed by atoms with Gasteiger partial charge < -0.3 is 20.7 Å². The summed E-state index contributed by atoms with van der Waals surface area (Å²) in [5.74, 6) is 1.18. The van der Waals surface area contributed by atoms with Crippen LogP contribution in [-0.2, 0) is 4.79 Å². The predicted molar refractivity (Wildman–Crippen MR) is 129 cm³/mol. The fourth-order valence-corrected chi connectivity index (χ4v) is 3.72. The third-order valence-corrected chi connectivity index (χ3v) is 5.62. The van der Waals surface area contributed by atoms with Gasteiger partial charge in [0.05, 0.1) is 13.2 Å². The van der Waals surface area contributed by atoms with Gasteiger partial charge in [-0.15, -0.1) is 0 Å². The molecule has 3 rings (SSSR count). The van der Waals surface area contributed by atoms with Gasteiger partial charge in [-0.1, -0.05) is 39.2 Å². The van der Waals surface area contributed by atoms with E-state index in [1.807, 2.05) is 24.3 Å². The van der Waals surface area contributed by atoms with Crippen LogP contribution in [0.5, 0.6) is 5.75 Å². The van der Waals surface area contributed by atoms with Crippen LogP contribution in [-0.4, -0.2) is 31.0 Å². The number of rotatable bonds is 10. The zero-order chi connectivity index (χ0) is 22.8. The molecule has 0 bridgehead atoms. The molecular formula is C26H35N3O3. The van der Waals surface area contributed by atoms with Crippen LogP contribution in [0, 0.1) is 5.92 Å². The van der Waals surface area contributed by atoms with Crippen LogP contribution < -0.4 is 20.7 Å². The average Bonchev–Trinajstić information content (AvgIpc) is 2.79. The summed E-state index contributed by atoms with van der Waals surface area (Å²) in [5.41, 5.74) is 2.02. The van der Waals surface area contributed by atoms with Crippen molar-refractivity contribution in [2.75, 3.05) is 23.8 Å². The number of carbonyl (C=O) groups excluding carboxylic acids is 2. The highest BCUT2D eigenvalue weighted by Crippen LogP contribution is 2.19. The quantitative estimate of drug-likeness (QED) is 0.476. The number of hydrogen-bond donors (Lipinski definition) is 3. The van der Waals surface area contributed by atoms with Crippen LogP contribution in [0.25, 0.3) is 0 Å². The van der Waals surface area contributed by atoms with Crippen LogP contribution in [0.2, 0.25) is 0 Å². The maximum Gasteiger partial charge on any atom is 0.251 e. The Morgan fingerprint density at radius 2 is 1.75 bits per heavy atom. The van der Waals surface area contributed by atoms with Crippen molar-refractivity contribution in [3.63, 3.8) is 0 Å². The third kappa shape index (κ3) is 7.91. The maximum atomic E-state index is 12.5. The van der Waals surface area contributed by atoms with E-state index in [-0.39, 0.29) is 24.4 Å². The van der Waals surface area contributed by atoms with E-state index in [2.05, 4.69) is 29.8 Å². The van der Waals surface area contributed by atoms with Gasteiger partial charge in [-0.2, -0.15) is 0 Å². The van der Waals surface area contributed by atoms with E-state index in [0.29, 0.717) is 23.8 Å². The van der Waals surface area contributed by atoms with Gasteiger partial charge in [-0.3, -0.25) is 9.59 Å². The molecule has 0 saturated heterocycles. The third-order valence-electron chi connectivity index (χ3n) is 5.62. The Morgan fingerprint density at radius 3 is 2.47 bits per heavy atom. The second-order valence-corrected chi connectivity index (χ2v) is 8.85. The molecule has 6 nitrogen and oxygen atoms in total. The number of ether oxygens (including phenoxy) is 1. The number of anilines is 2. The molecule has 0 spiro atoms. The number of hydrogen-bond acceptors (Lipinski definition) is 4. The lowest BCUT2D eigenvalue weighted by molar-refractivity contribution is -0.114. The zero-order valence-corrected chi connectivity index (χ0v) is 19.2. The number of amides is 2. The molecule has 1 fully saturated rings. The second kappa shape index (κ2) is 12.1. The fourth-order valence-electron chi connectivity index (χ4n) is 3.72. The van der Waals surface area contributed by atoms with Crippen LogP contribution in [0.4, 0.5) is 11.4 Å². The lowest BCUT2D eigenvalue weighted by atomic mass is 9.95. The van der Waals surface area contributed by atoms with E-state index in [1.54, 1.807) is 24.3 Å². The summed E-state index contributed by atoms with van der Waals surface area (Å²) in [7, 11) is 0. The molecule has 1 aliphatic rings. The highest BCUT2D eigenvalue weighted by atomic mass is 16.5. The Morgan fingerprint density at radius 1 is 1.00 bits per heavy atom. The predicted octanol–water partition coefficient (Wildman–Crippen LogP) is 5.22. The highest BCUT2D eigenvalue weighted by molar-refractivity contribution is 5.98.